The van der Waals surface area contributed by atoms with Crippen LogP contribution in [0.3, 0.4) is 0 Å². The smallest absolute Gasteiger partial charge is 0.335 e. The van der Waals surface area contributed by atoms with Crippen molar-refractivity contribution in [1.29, 1.82) is 0 Å². The van der Waals surface area contributed by atoms with E-state index >= 15 is 0 Å². The van der Waals surface area contributed by atoms with Gasteiger partial charge in [-0.1, -0.05) is 18.5 Å². The third kappa shape index (κ3) is 2.22. The molecular weight excluding hydrogens is 220 g/mol. The van der Waals surface area contributed by atoms with Gasteiger partial charge in [-0.3, -0.25) is 0 Å². The summed E-state index contributed by atoms with van der Waals surface area (Å²) < 4.78 is 0. The van der Waals surface area contributed by atoms with Crippen LogP contribution in [0.2, 0.25) is 5.02 Å². The van der Waals surface area contributed by atoms with Crippen LogP contribution in [0.5, 0.6) is 0 Å². The average molecular weight is 231 g/mol. The maximum atomic E-state index is 10.8. The summed E-state index contributed by atoms with van der Waals surface area (Å²) in [5.41, 5.74) is 1.07. The van der Waals surface area contributed by atoms with Crippen molar-refractivity contribution in [2.75, 3.05) is 5.75 Å². The van der Waals surface area contributed by atoms with Gasteiger partial charge in [-0.2, -0.15) is 0 Å². The summed E-state index contributed by atoms with van der Waals surface area (Å²) in [6, 6.07) is 3.18. The Balaban J connectivity index is 3.26. The van der Waals surface area contributed by atoms with E-state index in [1.165, 1.54) is 0 Å². The number of carboxylic acids is 1. The number of aromatic carboxylic acids is 1. The van der Waals surface area contributed by atoms with Gasteiger partial charge in [-0.15, -0.1) is 11.8 Å². The first-order chi connectivity index (χ1) is 6.57. The summed E-state index contributed by atoms with van der Waals surface area (Å²) in [6.45, 7) is 3.79. The van der Waals surface area contributed by atoms with Gasteiger partial charge in [-0.05, 0) is 30.4 Å². The van der Waals surface area contributed by atoms with E-state index in [-0.39, 0.29) is 0 Å². The minimum atomic E-state index is -0.905. The second-order valence-electron chi connectivity index (χ2n) is 2.79. The van der Waals surface area contributed by atoms with E-state index in [4.69, 9.17) is 16.7 Å². The van der Waals surface area contributed by atoms with E-state index < -0.39 is 5.97 Å². The van der Waals surface area contributed by atoms with E-state index in [0.29, 0.717) is 10.6 Å². The molecule has 1 N–H and O–H groups in total. The lowest BCUT2D eigenvalue weighted by molar-refractivity contribution is 0.0696. The van der Waals surface area contributed by atoms with Gasteiger partial charge in [0.15, 0.2) is 0 Å². The Kier molecular flexibility index (Phi) is 3.84. The normalized spacial score (nSPS) is 10.2. The number of carbonyl (C=O) groups is 1. The molecule has 1 aromatic carbocycles. The maximum Gasteiger partial charge on any atom is 0.335 e. The van der Waals surface area contributed by atoms with Crippen molar-refractivity contribution in [3.63, 3.8) is 0 Å². The van der Waals surface area contributed by atoms with Gasteiger partial charge in [0.25, 0.3) is 0 Å². The molecule has 0 saturated carbocycles. The van der Waals surface area contributed by atoms with Crippen LogP contribution in [0, 0.1) is 6.92 Å². The Morgan fingerprint density at radius 2 is 2.21 bits per heavy atom. The molecule has 2 nitrogen and oxygen atoms in total. The Hall–Kier alpha value is -0.670. The second kappa shape index (κ2) is 4.71. The fraction of sp³-hybridized carbons (Fsp3) is 0.300. The Labute approximate surface area is 92.3 Å². The zero-order valence-electron chi connectivity index (χ0n) is 8.00. The van der Waals surface area contributed by atoms with Gasteiger partial charge in [0.05, 0.1) is 10.6 Å². The fourth-order valence-corrected chi connectivity index (χ4v) is 2.40. The topological polar surface area (TPSA) is 37.3 Å². The van der Waals surface area contributed by atoms with Crippen LogP contribution in [0.25, 0.3) is 0 Å². The number of carboxylic acid groups (broad SMARTS) is 1. The zero-order valence-corrected chi connectivity index (χ0v) is 9.58. The van der Waals surface area contributed by atoms with Crippen LogP contribution < -0.4 is 0 Å². The summed E-state index contributed by atoms with van der Waals surface area (Å²) in [5.74, 6) is -0.0268. The molecule has 0 saturated heterocycles. The van der Waals surface area contributed by atoms with Crippen LogP contribution in [0.4, 0.5) is 0 Å². The van der Waals surface area contributed by atoms with Crippen molar-refractivity contribution in [2.24, 2.45) is 0 Å². The molecule has 0 bridgehead atoms. The zero-order chi connectivity index (χ0) is 10.7. The summed E-state index contributed by atoms with van der Waals surface area (Å²) in [6.07, 6.45) is 0. The van der Waals surface area contributed by atoms with Crippen molar-refractivity contribution < 1.29 is 9.90 Å². The first-order valence-corrected chi connectivity index (χ1v) is 5.59. The highest BCUT2D eigenvalue weighted by molar-refractivity contribution is 7.99. The molecule has 1 aromatic rings. The molecular formula is C10H11ClO2S. The molecule has 0 aliphatic carbocycles. The third-order valence-corrected chi connectivity index (χ3v) is 3.41. The number of hydrogen-bond acceptors (Lipinski definition) is 2. The molecule has 1 rings (SSSR count). The number of halogens is 1. The Morgan fingerprint density at radius 1 is 1.57 bits per heavy atom. The first-order valence-electron chi connectivity index (χ1n) is 4.23. The first kappa shape index (κ1) is 11.4. The molecule has 0 unspecified atom stereocenters. The monoisotopic (exact) mass is 230 g/mol. The quantitative estimate of drug-likeness (QED) is 0.808. The van der Waals surface area contributed by atoms with Gasteiger partial charge < -0.3 is 5.11 Å². The second-order valence-corrected chi connectivity index (χ2v) is 4.47. The van der Waals surface area contributed by atoms with Crippen LogP contribution >= 0.6 is 23.4 Å². The van der Waals surface area contributed by atoms with E-state index in [1.54, 1.807) is 30.8 Å². The molecule has 0 heterocycles. The summed E-state index contributed by atoms with van der Waals surface area (Å²) in [7, 11) is 0. The largest absolute Gasteiger partial charge is 0.478 e. The molecule has 0 spiro atoms. The lowest BCUT2D eigenvalue weighted by Gasteiger charge is -2.09. The van der Waals surface area contributed by atoms with E-state index in [1.807, 2.05) is 6.92 Å². The lowest BCUT2D eigenvalue weighted by Crippen LogP contribution is -2.00. The number of hydrogen-bond donors (Lipinski definition) is 1. The van der Waals surface area contributed by atoms with E-state index in [9.17, 15) is 4.79 Å². The highest BCUT2D eigenvalue weighted by Gasteiger charge is 2.12. The van der Waals surface area contributed by atoms with Crippen molar-refractivity contribution in [3.8, 4) is 0 Å². The summed E-state index contributed by atoms with van der Waals surface area (Å²) >= 11 is 7.54. The van der Waals surface area contributed by atoms with Crippen LogP contribution in [-0.4, -0.2) is 16.8 Å². The highest BCUT2D eigenvalue weighted by Crippen LogP contribution is 2.32. The summed E-state index contributed by atoms with van der Waals surface area (Å²) in [4.78, 5) is 11.7. The van der Waals surface area contributed by atoms with Gasteiger partial charge in [0.1, 0.15) is 0 Å². The van der Waals surface area contributed by atoms with Crippen LogP contribution in [0.15, 0.2) is 17.0 Å². The van der Waals surface area contributed by atoms with Crippen molar-refractivity contribution in [3.05, 3.63) is 28.3 Å². The van der Waals surface area contributed by atoms with E-state index in [2.05, 4.69) is 0 Å². The fourth-order valence-electron chi connectivity index (χ4n) is 1.21. The number of rotatable bonds is 3. The SMILES string of the molecule is CCSc1c(Cl)ccc(C(=O)O)c1C. The molecule has 0 aliphatic rings. The third-order valence-electron chi connectivity index (χ3n) is 1.88. The van der Waals surface area contributed by atoms with Crippen molar-refractivity contribution >= 4 is 29.3 Å². The van der Waals surface area contributed by atoms with Crippen molar-refractivity contribution in [2.45, 2.75) is 18.7 Å². The van der Waals surface area contributed by atoms with Crippen LogP contribution in [-0.2, 0) is 0 Å². The molecule has 0 radical (unpaired) electrons. The molecule has 4 heteroatoms. The minimum absolute atomic E-state index is 0.324. The van der Waals surface area contributed by atoms with Gasteiger partial charge >= 0.3 is 5.97 Å². The average Bonchev–Trinajstić information content (AvgIpc) is 2.11. The molecule has 0 amide bonds. The van der Waals surface area contributed by atoms with Crippen molar-refractivity contribution in [1.82, 2.24) is 0 Å². The number of benzene rings is 1. The van der Waals surface area contributed by atoms with Gasteiger partial charge in [0.2, 0.25) is 0 Å². The predicted octanol–water partition coefficient (Wildman–Crippen LogP) is 3.46. The molecule has 0 fully saturated rings. The van der Waals surface area contributed by atoms with E-state index in [0.717, 1.165) is 16.2 Å². The predicted molar refractivity (Wildman–Crippen MR) is 59.5 cm³/mol. The Bertz CT molecular complexity index is 363. The highest BCUT2D eigenvalue weighted by atomic mass is 35.5. The molecule has 0 atom stereocenters. The molecule has 0 aromatic heterocycles. The molecule has 14 heavy (non-hydrogen) atoms. The van der Waals surface area contributed by atoms with Gasteiger partial charge in [0, 0.05) is 4.90 Å². The standard InChI is InChI=1S/C10H11ClO2S/c1-3-14-9-6(2)7(10(12)13)4-5-8(9)11/h4-5H,3H2,1-2H3,(H,12,13). The van der Waals surface area contributed by atoms with Crippen LogP contribution in [0.1, 0.15) is 22.8 Å². The Morgan fingerprint density at radius 3 is 2.71 bits per heavy atom. The molecule has 76 valence electrons. The van der Waals surface area contributed by atoms with Gasteiger partial charge in [-0.25, -0.2) is 4.79 Å². The summed E-state index contributed by atoms with van der Waals surface area (Å²) in [5, 5.41) is 9.52. The minimum Gasteiger partial charge on any atom is -0.478 e. The maximum absolute atomic E-state index is 10.8. The number of thioether (sulfide) groups is 1. The molecule has 0 aliphatic heterocycles. The lowest BCUT2D eigenvalue weighted by atomic mass is 10.1.